The first kappa shape index (κ1) is 17.4. The fraction of sp³-hybridized carbons (Fsp3) is 0.444. The molecule has 1 aliphatic rings. The molecule has 25 heavy (non-hydrogen) atoms. The molecule has 1 saturated heterocycles. The van der Waals surface area contributed by atoms with Crippen LogP contribution in [0.4, 0.5) is 0 Å². The summed E-state index contributed by atoms with van der Waals surface area (Å²) < 4.78 is 12.6. The Labute approximate surface area is 146 Å². The van der Waals surface area contributed by atoms with Gasteiger partial charge in [0.2, 0.25) is 0 Å². The van der Waals surface area contributed by atoms with Gasteiger partial charge in [0.25, 0.3) is 5.91 Å². The smallest absolute Gasteiger partial charge is 0.257 e. The maximum atomic E-state index is 12.7. The quantitative estimate of drug-likeness (QED) is 0.888. The van der Waals surface area contributed by atoms with E-state index in [1.54, 1.807) is 22.9 Å². The Morgan fingerprint density at radius 2 is 2.08 bits per heavy atom. The molecule has 0 radical (unpaired) electrons. The number of ether oxygens (including phenoxy) is 2. The second kappa shape index (κ2) is 7.25. The average Bonchev–Trinajstić information content (AvgIpc) is 3.21. The number of methoxy groups -OCH3 is 1. The first-order valence-corrected chi connectivity index (χ1v) is 8.30. The summed E-state index contributed by atoms with van der Waals surface area (Å²) in [6, 6.07) is 7.46. The zero-order chi connectivity index (χ0) is 18.0. The molecule has 7 heteroatoms. The van der Waals surface area contributed by atoms with E-state index < -0.39 is 6.10 Å². The van der Waals surface area contributed by atoms with E-state index in [-0.39, 0.29) is 24.7 Å². The highest BCUT2D eigenvalue weighted by Gasteiger charge is 2.36. The average molecular weight is 345 g/mol. The van der Waals surface area contributed by atoms with Crippen molar-refractivity contribution in [1.29, 1.82) is 0 Å². The van der Waals surface area contributed by atoms with Crippen LogP contribution in [-0.2, 0) is 4.74 Å². The highest BCUT2D eigenvalue weighted by atomic mass is 16.5. The molecule has 2 atom stereocenters. The fourth-order valence-electron chi connectivity index (χ4n) is 2.97. The molecule has 0 aliphatic carbocycles. The number of aliphatic hydroxyl groups is 1. The van der Waals surface area contributed by atoms with E-state index >= 15 is 0 Å². The van der Waals surface area contributed by atoms with Crippen LogP contribution < -0.4 is 4.74 Å². The summed E-state index contributed by atoms with van der Waals surface area (Å²) in [5.74, 6) is 0.502. The minimum atomic E-state index is -0.671. The van der Waals surface area contributed by atoms with Gasteiger partial charge in [-0.2, -0.15) is 5.10 Å². The second-order valence-electron chi connectivity index (χ2n) is 6.35. The van der Waals surface area contributed by atoms with Crippen LogP contribution in [0.15, 0.2) is 36.7 Å². The van der Waals surface area contributed by atoms with E-state index in [2.05, 4.69) is 5.10 Å². The first-order chi connectivity index (χ1) is 12.0. The molecule has 1 fully saturated rings. The van der Waals surface area contributed by atoms with Crippen molar-refractivity contribution in [2.75, 3.05) is 20.2 Å². The highest BCUT2D eigenvalue weighted by Crippen LogP contribution is 2.23. The van der Waals surface area contributed by atoms with Gasteiger partial charge in [0.1, 0.15) is 17.5 Å². The number of para-hydroxylation sites is 2. The number of benzene rings is 1. The molecule has 0 bridgehead atoms. The van der Waals surface area contributed by atoms with Crippen LogP contribution in [0.2, 0.25) is 0 Å². The zero-order valence-electron chi connectivity index (χ0n) is 14.6. The van der Waals surface area contributed by atoms with Gasteiger partial charge in [0.05, 0.1) is 31.1 Å². The number of rotatable bonds is 5. The van der Waals surface area contributed by atoms with Crippen molar-refractivity contribution in [1.82, 2.24) is 14.7 Å². The number of likely N-dealkylation sites (tertiary alicyclic amines) is 1. The summed E-state index contributed by atoms with van der Waals surface area (Å²) in [5, 5.41) is 14.4. The van der Waals surface area contributed by atoms with E-state index in [1.807, 2.05) is 38.1 Å². The van der Waals surface area contributed by atoms with Crippen LogP contribution in [0.5, 0.6) is 5.75 Å². The Morgan fingerprint density at radius 1 is 1.32 bits per heavy atom. The Hall–Kier alpha value is -2.38. The number of β-amino-alcohol motifs (C(OH)–C–C–N with tert-alkyl or cyclic N) is 1. The molecule has 134 valence electrons. The molecular weight excluding hydrogens is 322 g/mol. The number of aliphatic hydroxyl groups excluding tert-OH is 1. The van der Waals surface area contributed by atoms with Crippen LogP contribution >= 0.6 is 0 Å². The second-order valence-corrected chi connectivity index (χ2v) is 6.35. The monoisotopic (exact) mass is 345 g/mol. The molecule has 2 heterocycles. The number of carbonyl (C=O) groups excluding carboxylic acids is 1. The number of carbonyl (C=O) groups is 1. The highest BCUT2D eigenvalue weighted by molar-refractivity contribution is 5.94. The first-order valence-electron chi connectivity index (χ1n) is 8.30. The van der Waals surface area contributed by atoms with Crippen molar-refractivity contribution >= 4 is 5.91 Å². The van der Waals surface area contributed by atoms with Crippen LogP contribution in [0, 0.1) is 0 Å². The van der Waals surface area contributed by atoms with Gasteiger partial charge < -0.3 is 19.5 Å². The van der Waals surface area contributed by atoms with Crippen molar-refractivity contribution in [2.24, 2.45) is 0 Å². The molecule has 7 nitrogen and oxygen atoms in total. The molecule has 1 aromatic heterocycles. The predicted octanol–water partition coefficient (Wildman–Crippen LogP) is 1.49. The molecular formula is C18H23N3O4. The molecule has 1 N–H and O–H groups in total. The number of amides is 1. The predicted molar refractivity (Wildman–Crippen MR) is 92.0 cm³/mol. The molecule has 0 saturated carbocycles. The van der Waals surface area contributed by atoms with Crippen LogP contribution in [0.3, 0.4) is 0 Å². The van der Waals surface area contributed by atoms with Crippen LogP contribution in [0.1, 0.15) is 24.2 Å². The van der Waals surface area contributed by atoms with Crippen molar-refractivity contribution < 1.29 is 19.4 Å². The van der Waals surface area contributed by atoms with Crippen LogP contribution in [0.25, 0.3) is 5.69 Å². The zero-order valence-corrected chi connectivity index (χ0v) is 14.6. The lowest BCUT2D eigenvalue weighted by molar-refractivity contribution is -0.0394. The summed E-state index contributed by atoms with van der Waals surface area (Å²) in [5.41, 5.74) is 1.22. The minimum absolute atomic E-state index is 0.00278. The van der Waals surface area contributed by atoms with E-state index in [9.17, 15) is 9.90 Å². The van der Waals surface area contributed by atoms with Crippen molar-refractivity contribution in [2.45, 2.75) is 32.2 Å². The lowest BCUT2D eigenvalue weighted by atomic mass is 10.2. The van der Waals surface area contributed by atoms with Gasteiger partial charge in [0.15, 0.2) is 0 Å². The van der Waals surface area contributed by atoms with Crippen molar-refractivity contribution in [3.8, 4) is 11.4 Å². The normalized spacial score (nSPS) is 20.3. The Morgan fingerprint density at radius 3 is 2.80 bits per heavy atom. The molecule has 1 amide bonds. The van der Waals surface area contributed by atoms with Crippen molar-refractivity contribution in [3.05, 3.63) is 42.2 Å². The van der Waals surface area contributed by atoms with Gasteiger partial charge in [-0.25, -0.2) is 4.68 Å². The Kier molecular flexibility index (Phi) is 5.06. The Bertz CT molecular complexity index is 743. The molecule has 1 aliphatic heterocycles. The number of aromatic nitrogens is 2. The number of hydrogen-bond acceptors (Lipinski definition) is 5. The topological polar surface area (TPSA) is 76.8 Å². The third-order valence-corrected chi connectivity index (χ3v) is 4.13. The third kappa shape index (κ3) is 3.67. The van der Waals surface area contributed by atoms with Crippen LogP contribution in [-0.4, -0.2) is 64.2 Å². The maximum absolute atomic E-state index is 12.7. The largest absolute Gasteiger partial charge is 0.494 e. The molecule has 2 aromatic rings. The number of nitrogens with zero attached hydrogens (tertiary/aromatic N) is 3. The van der Waals surface area contributed by atoms with E-state index in [0.29, 0.717) is 17.9 Å². The summed E-state index contributed by atoms with van der Waals surface area (Å²) in [6.07, 6.45) is 2.17. The van der Waals surface area contributed by atoms with Crippen molar-refractivity contribution in [3.63, 3.8) is 0 Å². The molecule has 0 spiro atoms. The van der Waals surface area contributed by atoms with Gasteiger partial charge in [-0.3, -0.25) is 4.79 Å². The van der Waals surface area contributed by atoms with Gasteiger partial charge >= 0.3 is 0 Å². The molecule has 2 unspecified atom stereocenters. The fourth-order valence-corrected chi connectivity index (χ4v) is 2.97. The van der Waals surface area contributed by atoms with E-state index in [4.69, 9.17) is 9.47 Å². The lowest BCUT2D eigenvalue weighted by Gasteiger charge is -2.17. The number of hydrogen-bond donors (Lipinski definition) is 1. The summed E-state index contributed by atoms with van der Waals surface area (Å²) in [7, 11) is 1.59. The summed E-state index contributed by atoms with van der Waals surface area (Å²) >= 11 is 0. The molecule has 1 aromatic carbocycles. The Balaban J connectivity index is 1.75. The minimum Gasteiger partial charge on any atom is -0.494 e. The van der Waals surface area contributed by atoms with E-state index in [1.165, 1.54) is 6.20 Å². The standard InChI is InChI=1S/C18H23N3O4/c1-12(2)25-17-11-20(10-15(17)22)18(23)13-8-19-21(9-13)14-6-4-5-7-16(14)24-3/h4-9,12,15,17,22H,10-11H2,1-3H3. The van der Waals surface area contributed by atoms with Gasteiger partial charge in [-0.05, 0) is 26.0 Å². The van der Waals surface area contributed by atoms with Gasteiger partial charge in [-0.15, -0.1) is 0 Å². The van der Waals surface area contributed by atoms with Gasteiger partial charge in [-0.1, -0.05) is 12.1 Å². The van der Waals surface area contributed by atoms with E-state index in [0.717, 1.165) is 5.69 Å². The maximum Gasteiger partial charge on any atom is 0.257 e. The van der Waals surface area contributed by atoms with Gasteiger partial charge in [0, 0.05) is 19.3 Å². The SMILES string of the molecule is COc1ccccc1-n1cc(C(=O)N2CC(O)C(OC(C)C)C2)cn1. The lowest BCUT2D eigenvalue weighted by Crippen LogP contribution is -2.31. The summed E-state index contributed by atoms with van der Waals surface area (Å²) in [6.45, 7) is 4.46. The third-order valence-electron chi connectivity index (χ3n) is 4.13. The summed E-state index contributed by atoms with van der Waals surface area (Å²) in [4.78, 5) is 14.3. The molecule has 3 rings (SSSR count).